The third-order valence-electron chi connectivity index (χ3n) is 3.47. The lowest BCUT2D eigenvalue weighted by atomic mass is 9.94. The second-order valence-corrected chi connectivity index (χ2v) is 5.11. The van der Waals surface area contributed by atoms with Crippen LogP contribution in [0.4, 0.5) is 26.7 Å². The summed E-state index contributed by atoms with van der Waals surface area (Å²) in [7, 11) is 0. The summed E-state index contributed by atoms with van der Waals surface area (Å²) in [6, 6.07) is 2.90. The first kappa shape index (κ1) is 17.2. The number of likely N-dealkylation sites (tertiary alicyclic amines) is 1. The van der Waals surface area contributed by atoms with E-state index in [1.165, 1.54) is 0 Å². The summed E-state index contributed by atoms with van der Waals surface area (Å²) in [5, 5.41) is 8.84. The van der Waals surface area contributed by atoms with Crippen LogP contribution in [0.3, 0.4) is 0 Å². The molecule has 0 saturated carbocycles. The van der Waals surface area contributed by atoms with Crippen molar-refractivity contribution >= 4 is 6.09 Å². The summed E-state index contributed by atoms with van der Waals surface area (Å²) in [6.45, 7) is -1.40. The molecule has 2 rings (SSSR count). The number of halogens is 5. The zero-order chi connectivity index (χ0) is 17.3. The van der Waals surface area contributed by atoms with Crippen molar-refractivity contribution in [1.82, 2.24) is 9.88 Å². The molecule has 1 unspecified atom stereocenters. The van der Waals surface area contributed by atoms with Crippen LogP contribution in [0.25, 0.3) is 0 Å². The molecular formula is C13H13F5N2O3. The fraction of sp³-hybridized carbons (Fsp3) is 0.538. The van der Waals surface area contributed by atoms with Crippen LogP contribution in [0.15, 0.2) is 18.2 Å². The normalized spacial score (nSPS) is 21.1. The van der Waals surface area contributed by atoms with Crippen molar-refractivity contribution in [3.63, 3.8) is 0 Å². The number of piperidine rings is 1. The fourth-order valence-corrected chi connectivity index (χ4v) is 2.17. The van der Waals surface area contributed by atoms with E-state index in [0.29, 0.717) is 0 Å². The van der Waals surface area contributed by atoms with Gasteiger partial charge in [-0.1, -0.05) is 6.07 Å². The molecule has 1 fully saturated rings. The van der Waals surface area contributed by atoms with E-state index >= 15 is 0 Å². The number of rotatable bonds is 3. The lowest BCUT2D eigenvalue weighted by molar-refractivity contribution is -0.141. The molecule has 2 heterocycles. The zero-order valence-corrected chi connectivity index (χ0v) is 11.7. The highest BCUT2D eigenvalue weighted by atomic mass is 19.4. The maximum Gasteiger partial charge on any atom is 0.433 e. The van der Waals surface area contributed by atoms with Crippen LogP contribution in [0.5, 0.6) is 5.88 Å². The third kappa shape index (κ3) is 4.20. The van der Waals surface area contributed by atoms with Gasteiger partial charge in [-0.15, -0.1) is 0 Å². The molecule has 0 radical (unpaired) electrons. The lowest BCUT2D eigenvalue weighted by Gasteiger charge is -2.36. The maximum absolute atomic E-state index is 13.8. The fourth-order valence-electron chi connectivity index (χ4n) is 2.17. The number of nitrogens with zero attached hydrogens (tertiary/aromatic N) is 2. The van der Waals surface area contributed by atoms with E-state index in [0.717, 1.165) is 23.1 Å². The quantitative estimate of drug-likeness (QED) is 0.859. The van der Waals surface area contributed by atoms with E-state index in [1.807, 2.05) is 0 Å². The summed E-state index contributed by atoms with van der Waals surface area (Å²) >= 11 is 0. The summed E-state index contributed by atoms with van der Waals surface area (Å²) in [6.07, 6.45) is -6.67. The minimum atomic E-state index is -4.67. The van der Waals surface area contributed by atoms with E-state index in [9.17, 15) is 26.7 Å². The van der Waals surface area contributed by atoms with Gasteiger partial charge in [0.1, 0.15) is 12.3 Å². The van der Waals surface area contributed by atoms with Crippen molar-refractivity contribution in [3.05, 3.63) is 23.9 Å². The molecule has 5 nitrogen and oxygen atoms in total. The van der Waals surface area contributed by atoms with Gasteiger partial charge in [-0.3, -0.25) is 0 Å². The molecule has 0 aliphatic carbocycles. The van der Waals surface area contributed by atoms with Crippen molar-refractivity contribution in [3.8, 4) is 5.88 Å². The maximum atomic E-state index is 13.8. The van der Waals surface area contributed by atoms with Crippen LogP contribution < -0.4 is 4.74 Å². The monoisotopic (exact) mass is 340 g/mol. The second-order valence-electron chi connectivity index (χ2n) is 5.11. The van der Waals surface area contributed by atoms with Crippen LogP contribution in [0.1, 0.15) is 12.1 Å². The summed E-state index contributed by atoms with van der Waals surface area (Å²) < 4.78 is 70.0. The predicted octanol–water partition coefficient (Wildman–Crippen LogP) is 3.11. The number of carbonyl (C=O) groups is 1. The van der Waals surface area contributed by atoms with Gasteiger partial charge in [0.05, 0.1) is 5.92 Å². The molecule has 1 aromatic heterocycles. The Morgan fingerprint density at radius 2 is 2.13 bits per heavy atom. The van der Waals surface area contributed by atoms with Crippen LogP contribution in [0, 0.1) is 5.92 Å². The van der Waals surface area contributed by atoms with E-state index < -0.39 is 55.3 Å². The van der Waals surface area contributed by atoms with Crippen LogP contribution in [0.2, 0.25) is 0 Å². The zero-order valence-electron chi connectivity index (χ0n) is 11.7. The van der Waals surface area contributed by atoms with Crippen molar-refractivity contribution in [2.75, 3.05) is 19.7 Å². The Labute approximate surface area is 127 Å². The second kappa shape index (κ2) is 6.17. The number of ether oxygens (including phenoxy) is 1. The van der Waals surface area contributed by atoms with Crippen molar-refractivity contribution in [2.45, 2.75) is 18.5 Å². The van der Waals surface area contributed by atoms with E-state index in [4.69, 9.17) is 9.84 Å². The first-order valence-electron chi connectivity index (χ1n) is 6.62. The van der Waals surface area contributed by atoms with E-state index in [-0.39, 0.29) is 6.54 Å². The summed E-state index contributed by atoms with van der Waals surface area (Å²) in [5.74, 6) is -5.06. The highest BCUT2D eigenvalue weighted by Crippen LogP contribution is 2.34. The van der Waals surface area contributed by atoms with Crippen LogP contribution >= 0.6 is 0 Å². The Hall–Kier alpha value is -2.13. The Bertz CT molecular complexity index is 579. The van der Waals surface area contributed by atoms with Gasteiger partial charge < -0.3 is 14.7 Å². The Kier molecular flexibility index (Phi) is 4.62. The molecule has 1 N–H and O–H groups in total. The number of pyridine rings is 1. The first-order valence-corrected chi connectivity index (χ1v) is 6.62. The molecule has 1 saturated heterocycles. The molecule has 1 aromatic rings. The number of hydrogen-bond acceptors (Lipinski definition) is 3. The standard InChI is InChI=1S/C13H13F5N2O3/c14-12(15)4-5-20(11(21)22)6-8(12)7-23-10-3-1-2-9(19-10)13(16,17)18/h1-3,8H,4-7H2,(H,21,22). The number of carboxylic acid groups (broad SMARTS) is 1. The molecule has 1 aliphatic rings. The Morgan fingerprint density at radius 1 is 1.43 bits per heavy atom. The van der Waals surface area contributed by atoms with Gasteiger partial charge >= 0.3 is 12.3 Å². The van der Waals surface area contributed by atoms with Gasteiger partial charge in [-0.05, 0) is 6.07 Å². The summed E-state index contributed by atoms with van der Waals surface area (Å²) in [5.41, 5.74) is -1.20. The highest BCUT2D eigenvalue weighted by molar-refractivity contribution is 5.65. The number of aromatic nitrogens is 1. The number of amides is 1. The van der Waals surface area contributed by atoms with Gasteiger partial charge in [-0.25, -0.2) is 18.6 Å². The van der Waals surface area contributed by atoms with Gasteiger partial charge in [0, 0.05) is 25.6 Å². The average Bonchev–Trinajstić information content (AvgIpc) is 2.45. The van der Waals surface area contributed by atoms with Gasteiger partial charge in [0.15, 0.2) is 0 Å². The van der Waals surface area contributed by atoms with Gasteiger partial charge in [-0.2, -0.15) is 13.2 Å². The van der Waals surface area contributed by atoms with Crippen molar-refractivity contribution in [2.24, 2.45) is 5.92 Å². The van der Waals surface area contributed by atoms with E-state index in [1.54, 1.807) is 0 Å². The predicted molar refractivity (Wildman–Crippen MR) is 67.4 cm³/mol. The number of hydrogen-bond donors (Lipinski definition) is 1. The SMILES string of the molecule is O=C(O)N1CCC(F)(F)C(COc2cccc(C(F)(F)F)n2)C1. The minimum Gasteiger partial charge on any atom is -0.477 e. The molecule has 0 spiro atoms. The molecule has 1 aliphatic heterocycles. The minimum absolute atomic E-state index is 0.305. The first-order chi connectivity index (χ1) is 10.6. The topological polar surface area (TPSA) is 62.7 Å². The van der Waals surface area contributed by atoms with Gasteiger partial charge in [0.2, 0.25) is 5.88 Å². The molecule has 23 heavy (non-hydrogen) atoms. The van der Waals surface area contributed by atoms with E-state index in [2.05, 4.69) is 4.98 Å². The molecule has 128 valence electrons. The smallest absolute Gasteiger partial charge is 0.433 e. The van der Waals surface area contributed by atoms with Crippen molar-refractivity contribution < 1.29 is 36.6 Å². The molecule has 1 atom stereocenters. The largest absolute Gasteiger partial charge is 0.477 e. The molecule has 0 bridgehead atoms. The Morgan fingerprint density at radius 3 is 2.74 bits per heavy atom. The molecule has 0 aromatic carbocycles. The summed E-state index contributed by atoms with van der Waals surface area (Å²) in [4.78, 5) is 14.9. The van der Waals surface area contributed by atoms with Crippen LogP contribution in [-0.4, -0.2) is 46.7 Å². The van der Waals surface area contributed by atoms with Crippen LogP contribution in [-0.2, 0) is 6.18 Å². The Balaban J connectivity index is 2.05. The third-order valence-corrected chi connectivity index (χ3v) is 3.47. The number of alkyl halides is 5. The molecular weight excluding hydrogens is 327 g/mol. The average molecular weight is 340 g/mol. The lowest BCUT2D eigenvalue weighted by Crippen LogP contribution is -2.50. The van der Waals surface area contributed by atoms with Crippen molar-refractivity contribution in [1.29, 1.82) is 0 Å². The molecule has 10 heteroatoms. The highest BCUT2D eigenvalue weighted by Gasteiger charge is 2.45. The molecule has 1 amide bonds. The van der Waals surface area contributed by atoms with Gasteiger partial charge in [0.25, 0.3) is 5.92 Å².